The van der Waals surface area contributed by atoms with E-state index in [-0.39, 0.29) is 0 Å². The van der Waals surface area contributed by atoms with E-state index in [9.17, 15) is 4.91 Å². The van der Waals surface area contributed by atoms with Crippen LogP contribution in [-0.2, 0) is 6.42 Å². The van der Waals surface area contributed by atoms with Gasteiger partial charge in [0.05, 0.1) is 0 Å². The highest BCUT2D eigenvalue weighted by molar-refractivity contribution is 5.15. The Balaban J connectivity index is 1.89. The zero-order chi connectivity index (χ0) is 9.80. The Labute approximate surface area is 84.5 Å². The lowest BCUT2D eigenvalue weighted by atomic mass is 9.91. The van der Waals surface area contributed by atoms with Gasteiger partial charge in [-0.05, 0) is 22.7 Å². The molecule has 2 heteroatoms. The fraction of sp³-hybridized carbons (Fsp3) is 0.500. The minimum absolute atomic E-state index is 0.711. The highest BCUT2D eigenvalue weighted by Crippen LogP contribution is 2.19. The number of piperidine rings is 1. The summed E-state index contributed by atoms with van der Waals surface area (Å²) >= 11 is 0. The molecule has 1 aliphatic rings. The molecule has 0 spiro atoms. The lowest BCUT2D eigenvalue weighted by Gasteiger charge is -2.16. The molecule has 0 aromatic heterocycles. The summed E-state index contributed by atoms with van der Waals surface area (Å²) in [5, 5.41) is 0. The Hall–Kier alpha value is -1.18. The summed E-state index contributed by atoms with van der Waals surface area (Å²) < 4.78 is 1.18. The average molecular weight is 190 g/mol. The van der Waals surface area contributed by atoms with Crippen molar-refractivity contribution >= 4 is 0 Å². The van der Waals surface area contributed by atoms with Crippen LogP contribution in [0.1, 0.15) is 18.4 Å². The van der Waals surface area contributed by atoms with Gasteiger partial charge in [0.2, 0.25) is 0 Å². The van der Waals surface area contributed by atoms with E-state index in [0.717, 1.165) is 32.4 Å². The Bertz CT molecular complexity index is 297. The minimum Gasteiger partial charge on any atom is -0.0622 e. The predicted molar refractivity (Wildman–Crippen MR) is 56.2 cm³/mol. The molecule has 0 saturated carbocycles. The van der Waals surface area contributed by atoms with Gasteiger partial charge in [-0.2, -0.15) is 0 Å². The second-order valence-electron chi connectivity index (χ2n) is 4.06. The van der Waals surface area contributed by atoms with Gasteiger partial charge in [0.25, 0.3) is 0 Å². The van der Waals surface area contributed by atoms with E-state index in [1.165, 1.54) is 10.3 Å². The standard InChI is InChI=1S/C12H16NO/c14-13-8-6-12(7-9-13)10-11-4-2-1-3-5-11/h1-5,12H,6-10H2/q+1. The lowest BCUT2D eigenvalue weighted by molar-refractivity contribution is -0.561. The van der Waals surface area contributed by atoms with Crippen molar-refractivity contribution in [3.05, 3.63) is 40.8 Å². The van der Waals surface area contributed by atoms with Crippen LogP contribution in [0.25, 0.3) is 0 Å². The first-order chi connectivity index (χ1) is 6.84. The van der Waals surface area contributed by atoms with E-state index in [1.807, 2.05) is 6.07 Å². The quantitative estimate of drug-likeness (QED) is 0.656. The van der Waals surface area contributed by atoms with Crippen LogP contribution in [0.15, 0.2) is 30.3 Å². The monoisotopic (exact) mass is 190 g/mol. The third kappa shape index (κ3) is 2.41. The SMILES string of the molecule is O=[N+]1CCC(Cc2ccccc2)CC1. The van der Waals surface area contributed by atoms with Crippen LogP contribution in [0, 0.1) is 10.8 Å². The summed E-state index contributed by atoms with van der Waals surface area (Å²) in [7, 11) is 0. The van der Waals surface area contributed by atoms with E-state index in [1.54, 1.807) is 0 Å². The van der Waals surface area contributed by atoms with Crippen molar-refractivity contribution in [2.24, 2.45) is 5.92 Å². The van der Waals surface area contributed by atoms with Gasteiger partial charge in [-0.25, -0.2) is 0 Å². The fourth-order valence-electron chi connectivity index (χ4n) is 2.06. The van der Waals surface area contributed by atoms with Crippen LogP contribution in [0.2, 0.25) is 0 Å². The van der Waals surface area contributed by atoms with E-state index in [2.05, 4.69) is 24.3 Å². The molecule has 1 aromatic rings. The Morgan fingerprint density at radius 3 is 2.43 bits per heavy atom. The maximum absolute atomic E-state index is 11.0. The molecule has 0 amide bonds. The third-order valence-electron chi connectivity index (χ3n) is 2.94. The maximum atomic E-state index is 11.0. The molecule has 0 unspecified atom stereocenters. The summed E-state index contributed by atoms with van der Waals surface area (Å²) in [4.78, 5) is 11.0. The van der Waals surface area contributed by atoms with E-state index < -0.39 is 0 Å². The second kappa shape index (κ2) is 4.36. The van der Waals surface area contributed by atoms with Crippen LogP contribution in [-0.4, -0.2) is 17.8 Å². The number of benzene rings is 1. The van der Waals surface area contributed by atoms with E-state index >= 15 is 0 Å². The van der Waals surface area contributed by atoms with E-state index in [4.69, 9.17) is 0 Å². The topological polar surface area (TPSA) is 20.1 Å². The molecule has 0 radical (unpaired) electrons. The van der Waals surface area contributed by atoms with Crippen LogP contribution >= 0.6 is 0 Å². The van der Waals surface area contributed by atoms with Crippen molar-refractivity contribution in [2.75, 3.05) is 13.1 Å². The van der Waals surface area contributed by atoms with Crippen molar-refractivity contribution in [3.63, 3.8) is 0 Å². The van der Waals surface area contributed by atoms with Gasteiger partial charge in [-0.15, -0.1) is 0 Å². The number of rotatable bonds is 2. The van der Waals surface area contributed by atoms with Crippen molar-refractivity contribution in [2.45, 2.75) is 19.3 Å². The molecule has 1 fully saturated rings. The Morgan fingerprint density at radius 2 is 1.79 bits per heavy atom. The molecule has 1 heterocycles. The molecule has 0 N–H and O–H groups in total. The van der Waals surface area contributed by atoms with Crippen LogP contribution in [0.4, 0.5) is 0 Å². The van der Waals surface area contributed by atoms with Crippen LogP contribution in [0.5, 0.6) is 0 Å². The molecule has 0 aliphatic carbocycles. The summed E-state index contributed by atoms with van der Waals surface area (Å²) in [5.41, 5.74) is 1.40. The summed E-state index contributed by atoms with van der Waals surface area (Å²) in [6.45, 7) is 1.44. The molecule has 74 valence electrons. The molecule has 1 aromatic carbocycles. The number of nitroso groups, excluding NO2 is 1. The normalized spacial score (nSPS) is 18.4. The molecular weight excluding hydrogens is 174 g/mol. The van der Waals surface area contributed by atoms with Gasteiger partial charge in [-0.1, -0.05) is 30.3 Å². The number of hydrogen-bond acceptors (Lipinski definition) is 1. The van der Waals surface area contributed by atoms with Crippen molar-refractivity contribution < 1.29 is 4.76 Å². The lowest BCUT2D eigenvalue weighted by Crippen LogP contribution is -2.25. The first kappa shape index (κ1) is 9.38. The van der Waals surface area contributed by atoms with Gasteiger partial charge in [0, 0.05) is 17.7 Å². The molecule has 2 rings (SSSR count). The zero-order valence-corrected chi connectivity index (χ0v) is 8.36. The summed E-state index contributed by atoms with van der Waals surface area (Å²) in [5.74, 6) is 0.711. The van der Waals surface area contributed by atoms with Gasteiger partial charge in [0.15, 0.2) is 13.1 Å². The largest absolute Gasteiger partial charge is 0.192 e. The third-order valence-corrected chi connectivity index (χ3v) is 2.94. The first-order valence-electron chi connectivity index (χ1n) is 5.30. The summed E-state index contributed by atoms with van der Waals surface area (Å²) in [6, 6.07) is 10.5. The molecular formula is C12H16NO+. The second-order valence-corrected chi connectivity index (χ2v) is 4.06. The van der Waals surface area contributed by atoms with Crippen LogP contribution in [0.3, 0.4) is 0 Å². The van der Waals surface area contributed by atoms with Gasteiger partial charge >= 0.3 is 0 Å². The summed E-state index contributed by atoms with van der Waals surface area (Å²) in [6.07, 6.45) is 3.24. The molecule has 1 saturated heterocycles. The Morgan fingerprint density at radius 1 is 1.14 bits per heavy atom. The first-order valence-corrected chi connectivity index (χ1v) is 5.30. The predicted octanol–water partition coefficient (Wildman–Crippen LogP) is 2.42. The average Bonchev–Trinajstić information content (AvgIpc) is 2.23. The van der Waals surface area contributed by atoms with Crippen molar-refractivity contribution in [1.29, 1.82) is 0 Å². The van der Waals surface area contributed by atoms with E-state index in [0.29, 0.717) is 5.92 Å². The van der Waals surface area contributed by atoms with Crippen molar-refractivity contribution in [1.82, 2.24) is 0 Å². The number of nitrogens with zero attached hydrogens (tertiary/aromatic N) is 1. The van der Waals surface area contributed by atoms with Crippen LogP contribution < -0.4 is 0 Å². The molecule has 1 aliphatic heterocycles. The van der Waals surface area contributed by atoms with Gasteiger partial charge < -0.3 is 0 Å². The molecule has 0 atom stereocenters. The molecule has 14 heavy (non-hydrogen) atoms. The van der Waals surface area contributed by atoms with Gasteiger partial charge in [-0.3, -0.25) is 0 Å². The Kier molecular flexibility index (Phi) is 2.92. The smallest absolute Gasteiger partial charge is 0.0622 e. The fourth-order valence-corrected chi connectivity index (χ4v) is 2.06. The van der Waals surface area contributed by atoms with Gasteiger partial charge in [0.1, 0.15) is 0 Å². The molecule has 2 nitrogen and oxygen atoms in total. The highest BCUT2D eigenvalue weighted by atomic mass is 16.3. The van der Waals surface area contributed by atoms with Crippen molar-refractivity contribution in [3.8, 4) is 0 Å². The molecule has 0 bridgehead atoms. The number of hydrogen-bond donors (Lipinski definition) is 0. The highest BCUT2D eigenvalue weighted by Gasteiger charge is 2.23. The maximum Gasteiger partial charge on any atom is 0.192 e. The minimum atomic E-state index is 0.711. The zero-order valence-electron chi connectivity index (χ0n) is 8.36.